The molecular weight excluding hydrogens is 254 g/mol. The largest absolute Gasteiger partial charge is 0.397 e. The quantitative estimate of drug-likeness (QED) is 0.601. The number of ether oxygens (including phenoxy) is 1. The normalized spacial score (nSPS) is 10.2. The van der Waals surface area contributed by atoms with E-state index in [9.17, 15) is 4.79 Å². The lowest BCUT2D eigenvalue weighted by atomic mass is 10.2. The van der Waals surface area contributed by atoms with E-state index in [0.717, 1.165) is 0 Å². The van der Waals surface area contributed by atoms with Crippen molar-refractivity contribution in [2.75, 3.05) is 44.5 Å². The van der Waals surface area contributed by atoms with Crippen LogP contribution in [0.3, 0.4) is 0 Å². The number of anilines is 2. The monoisotopic (exact) mass is 271 g/mol. The van der Waals surface area contributed by atoms with E-state index in [1.54, 1.807) is 37.3 Å². The minimum atomic E-state index is -0.103. The maximum Gasteiger partial charge on any atom is 0.239 e. The standard InChI is InChI=1S/C12H18ClN3O2/c1-16(8-11(17)15-6-7-18-2)12-9(13)4-3-5-10(12)14/h3-5H,6-8,14H2,1-2H3,(H,15,17). The molecule has 0 aliphatic heterocycles. The minimum absolute atomic E-state index is 0.103. The third-order valence-electron chi connectivity index (χ3n) is 2.41. The van der Waals surface area contributed by atoms with Gasteiger partial charge in [0.2, 0.25) is 5.91 Å². The summed E-state index contributed by atoms with van der Waals surface area (Å²) in [4.78, 5) is 13.4. The smallest absolute Gasteiger partial charge is 0.239 e. The summed E-state index contributed by atoms with van der Waals surface area (Å²) >= 11 is 6.06. The number of nitrogens with two attached hydrogens (primary N) is 1. The molecule has 1 aromatic carbocycles. The van der Waals surface area contributed by atoms with Gasteiger partial charge in [-0.3, -0.25) is 4.79 Å². The Kier molecular flexibility index (Phi) is 5.74. The SMILES string of the molecule is COCCNC(=O)CN(C)c1c(N)cccc1Cl. The van der Waals surface area contributed by atoms with E-state index in [4.69, 9.17) is 22.1 Å². The van der Waals surface area contributed by atoms with Crippen LogP contribution in [0, 0.1) is 0 Å². The molecule has 0 saturated carbocycles. The lowest BCUT2D eigenvalue weighted by Gasteiger charge is -2.21. The van der Waals surface area contributed by atoms with E-state index in [-0.39, 0.29) is 12.5 Å². The van der Waals surface area contributed by atoms with Gasteiger partial charge in [-0.05, 0) is 12.1 Å². The maximum absolute atomic E-state index is 11.6. The summed E-state index contributed by atoms with van der Waals surface area (Å²) in [6.07, 6.45) is 0. The first-order chi connectivity index (χ1) is 8.56. The van der Waals surface area contributed by atoms with Gasteiger partial charge < -0.3 is 20.7 Å². The van der Waals surface area contributed by atoms with Crippen molar-refractivity contribution < 1.29 is 9.53 Å². The van der Waals surface area contributed by atoms with Crippen LogP contribution >= 0.6 is 11.6 Å². The average Bonchev–Trinajstić information content (AvgIpc) is 2.29. The third-order valence-corrected chi connectivity index (χ3v) is 2.71. The van der Waals surface area contributed by atoms with Crippen LogP contribution in [0.2, 0.25) is 5.02 Å². The second kappa shape index (κ2) is 7.08. The van der Waals surface area contributed by atoms with Crippen molar-refractivity contribution in [1.29, 1.82) is 0 Å². The van der Waals surface area contributed by atoms with Crippen molar-refractivity contribution in [2.24, 2.45) is 0 Å². The van der Waals surface area contributed by atoms with Crippen molar-refractivity contribution in [3.8, 4) is 0 Å². The van der Waals surface area contributed by atoms with Crippen molar-refractivity contribution in [2.45, 2.75) is 0 Å². The van der Waals surface area contributed by atoms with Gasteiger partial charge in [-0.2, -0.15) is 0 Å². The summed E-state index contributed by atoms with van der Waals surface area (Å²) in [5.74, 6) is -0.103. The van der Waals surface area contributed by atoms with E-state index in [1.807, 2.05) is 0 Å². The van der Waals surface area contributed by atoms with E-state index in [0.29, 0.717) is 29.5 Å². The summed E-state index contributed by atoms with van der Waals surface area (Å²) < 4.78 is 4.85. The van der Waals surface area contributed by atoms with Gasteiger partial charge >= 0.3 is 0 Å². The van der Waals surface area contributed by atoms with Crippen LogP contribution in [0.4, 0.5) is 11.4 Å². The second-order valence-electron chi connectivity index (χ2n) is 3.88. The second-order valence-corrected chi connectivity index (χ2v) is 4.28. The van der Waals surface area contributed by atoms with Gasteiger partial charge in [0, 0.05) is 20.7 Å². The summed E-state index contributed by atoms with van der Waals surface area (Å²) in [7, 11) is 3.36. The first kappa shape index (κ1) is 14.6. The molecule has 5 nitrogen and oxygen atoms in total. The highest BCUT2D eigenvalue weighted by atomic mass is 35.5. The molecule has 18 heavy (non-hydrogen) atoms. The highest BCUT2D eigenvalue weighted by Gasteiger charge is 2.12. The van der Waals surface area contributed by atoms with Gasteiger partial charge in [-0.25, -0.2) is 0 Å². The van der Waals surface area contributed by atoms with Crippen LogP contribution in [-0.2, 0) is 9.53 Å². The van der Waals surface area contributed by atoms with Crippen LogP contribution in [0.15, 0.2) is 18.2 Å². The number of hydrogen-bond donors (Lipinski definition) is 2. The van der Waals surface area contributed by atoms with E-state index < -0.39 is 0 Å². The van der Waals surface area contributed by atoms with Gasteiger partial charge in [-0.1, -0.05) is 17.7 Å². The molecule has 1 amide bonds. The van der Waals surface area contributed by atoms with Crippen LogP contribution in [0.25, 0.3) is 0 Å². The van der Waals surface area contributed by atoms with Gasteiger partial charge in [0.15, 0.2) is 0 Å². The van der Waals surface area contributed by atoms with Crippen LogP contribution < -0.4 is 16.0 Å². The summed E-state index contributed by atoms with van der Waals surface area (Å²) in [6.45, 7) is 1.17. The van der Waals surface area contributed by atoms with Crippen LogP contribution in [0.5, 0.6) is 0 Å². The number of rotatable bonds is 6. The number of hydrogen-bond acceptors (Lipinski definition) is 4. The fraction of sp³-hybridized carbons (Fsp3) is 0.417. The molecule has 0 aromatic heterocycles. The fourth-order valence-electron chi connectivity index (χ4n) is 1.58. The molecule has 0 saturated heterocycles. The van der Waals surface area contributed by atoms with Crippen LogP contribution in [-0.4, -0.2) is 39.8 Å². The van der Waals surface area contributed by atoms with E-state index in [1.165, 1.54) is 0 Å². The number of benzene rings is 1. The first-order valence-electron chi connectivity index (χ1n) is 5.57. The van der Waals surface area contributed by atoms with Crippen molar-refractivity contribution >= 4 is 28.9 Å². The number of nitrogens with zero attached hydrogens (tertiary/aromatic N) is 1. The minimum Gasteiger partial charge on any atom is -0.397 e. The molecule has 1 rings (SSSR count). The Bertz CT molecular complexity index is 392. The number of carbonyl (C=O) groups excluding carboxylic acids is 1. The molecule has 0 aliphatic carbocycles. The lowest BCUT2D eigenvalue weighted by molar-refractivity contribution is -0.119. The third kappa shape index (κ3) is 4.09. The molecular formula is C12H18ClN3O2. The predicted molar refractivity (Wildman–Crippen MR) is 74.0 cm³/mol. The predicted octanol–water partition coefficient (Wildman–Crippen LogP) is 1.12. The fourth-order valence-corrected chi connectivity index (χ4v) is 1.90. The molecule has 0 radical (unpaired) electrons. The van der Waals surface area contributed by atoms with Crippen molar-refractivity contribution in [3.63, 3.8) is 0 Å². The summed E-state index contributed by atoms with van der Waals surface area (Å²) in [5.41, 5.74) is 7.06. The summed E-state index contributed by atoms with van der Waals surface area (Å²) in [6, 6.07) is 5.26. The topological polar surface area (TPSA) is 67.6 Å². The molecule has 0 fully saturated rings. The highest BCUT2D eigenvalue weighted by Crippen LogP contribution is 2.30. The number of halogens is 1. The molecule has 100 valence electrons. The Balaban J connectivity index is 2.59. The van der Waals surface area contributed by atoms with E-state index in [2.05, 4.69) is 5.32 Å². The molecule has 0 bridgehead atoms. The number of nitrogen functional groups attached to an aromatic ring is 1. The Morgan fingerprint density at radius 2 is 2.28 bits per heavy atom. The van der Waals surface area contributed by atoms with Gasteiger partial charge in [-0.15, -0.1) is 0 Å². The van der Waals surface area contributed by atoms with Crippen molar-refractivity contribution in [3.05, 3.63) is 23.2 Å². The zero-order valence-electron chi connectivity index (χ0n) is 10.6. The Morgan fingerprint density at radius 1 is 1.56 bits per heavy atom. The number of para-hydroxylation sites is 1. The molecule has 1 aromatic rings. The Hall–Kier alpha value is -1.46. The number of nitrogens with one attached hydrogen (secondary N) is 1. The number of amides is 1. The number of carbonyl (C=O) groups is 1. The molecule has 6 heteroatoms. The average molecular weight is 272 g/mol. The molecule has 0 aliphatic rings. The summed E-state index contributed by atoms with van der Waals surface area (Å²) in [5, 5.41) is 3.26. The zero-order valence-corrected chi connectivity index (χ0v) is 11.3. The van der Waals surface area contributed by atoms with Crippen molar-refractivity contribution in [1.82, 2.24) is 5.32 Å². The van der Waals surface area contributed by atoms with Gasteiger partial charge in [0.25, 0.3) is 0 Å². The molecule has 0 unspecified atom stereocenters. The molecule has 0 atom stereocenters. The van der Waals surface area contributed by atoms with Crippen LogP contribution in [0.1, 0.15) is 0 Å². The van der Waals surface area contributed by atoms with Gasteiger partial charge in [0.05, 0.1) is 29.5 Å². The molecule has 0 heterocycles. The highest BCUT2D eigenvalue weighted by molar-refractivity contribution is 6.34. The maximum atomic E-state index is 11.6. The Morgan fingerprint density at radius 3 is 2.89 bits per heavy atom. The lowest BCUT2D eigenvalue weighted by Crippen LogP contribution is -2.37. The molecule has 3 N–H and O–H groups in total. The molecule has 0 spiro atoms. The first-order valence-corrected chi connectivity index (χ1v) is 5.94. The van der Waals surface area contributed by atoms with E-state index >= 15 is 0 Å². The van der Waals surface area contributed by atoms with Gasteiger partial charge in [0.1, 0.15) is 0 Å². The number of likely N-dealkylation sites (N-methyl/N-ethyl adjacent to an activating group) is 1. The number of methoxy groups -OCH3 is 1. The Labute approximate surface area is 112 Å². The zero-order chi connectivity index (χ0) is 13.5.